The molecule has 1 saturated heterocycles. The Hall–Kier alpha value is -2.61. The highest BCUT2D eigenvalue weighted by Gasteiger charge is 2.48. The summed E-state index contributed by atoms with van der Waals surface area (Å²) in [6, 6.07) is 8.21. The largest absolute Gasteiger partial charge is 0.325 e. The second-order valence-electron chi connectivity index (χ2n) is 5.09. The number of nitrogens with zero attached hydrogens (tertiary/aromatic N) is 2. The van der Waals surface area contributed by atoms with Crippen LogP contribution in [0, 0.1) is 11.3 Å². The number of imide groups is 1. The van der Waals surface area contributed by atoms with E-state index in [1.165, 1.54) is 0 Å². The van der Waals surface area contributed by atoms with Crippen molar-refractivity contribution in [2.24, 2.45) is 0 Å². The lowest BCUT2D eigenvalue weighted by atomic mass is 9.91. The molecule has 102 valence electrons. The smallest absolute Gasteiger partial charge is 0.319 e. The number of carbonyl (C=O) groups excluding carboxylic acids is 2. The van der Waals surface area contributed by atoms with Crippen LogP contribution in [0.4, 0.5) is 4.79 Å². The predicted octanol–water partition coefficient (Wildman–Crippen LogP) is 1.90. The molecule has 1 heterocycles. The van der Waals surface area contributed by atoms with Gasteiger partial charge in [-0.3, -0.25) is 9.69 Å². The molecule has 1 aliphatic heterocycles. The van der Waals surface area contributed by atoms with Crippen molar-refractivity contribution in [1.29, 1.82) is 5.26 Å². The zero-order chi connectivity index (χ0) is 14.9. The first-order valence-electron chi connectivity index (χ1n) is 6.17. The molecule has 1 fully saturated rings. The summed E-state index contributed by atoms with van der Waals surface area (Å²) in [7, 11) is 0. The van der Waals surface area contributed by atoms with Gasteiger partial charge in [0.1, 0.15) is 5.54 Å². The minimum atomic E-state index is -1.10. The molecule has 1 aromatic rings. The summed E-state index contributed by atoms with van der Waals surface area (Å²) < 4.78 is 0. The highest BCUT2D eigenvalue weighted by molar-refractivity contribution is 6.07. The average molecular weight is 269 g/mol. The number of hydrogen-bond acceptors (Lipinski definition) is 3. The maximum absolute atomic E-state index is 12.5. The third kappa shape index (κ3) is 2.16. The van der Waals surface area contributed by atoms with E-state index in [0.717, 1.165) is 10.5 Å². The van der Waals surface area contributed by atoms with Gasteiger partial charge in [0.05, 0.1) is 18.2 Å². The zero-order valence-electron chi connectivity index (χ0n) is 11.4. The Morgan fingerprint density at radius 3 is 2.50 bits per heavy atom. The predicted molar refractivity (Wildman–Crippen MR) is 73.6 cm³/mol. The van der Waals surface area contributed by atoms with Crippen LogP contribution in [-0.4, -0.2) is 23.4 Å². The molecule has 2 rings (SSSR count). The van der Waals surface area contributed by atoms with Crippen LogP contribution in [0.3, 0.4) is 0 Å². The van der Waals surface area contributed by atoms with Gasteiger partial charge >= 0.3 is 6.03 Å². The Bertz CT molecular complexity index is 628. The van der Waals surface area contributed by atoms with E-state index in [1.807, 2.05) is 6.07 Å². The Labute approximate surface area is 117 Å². The van der Waals surface area contributed by atoms with Crippen LogP contribution in [0.25, 0.3) is 0 Å². The molecule has 0 aromatic heterocycles. The van der Waals surface area contributed by atoms with Crippen LogP contribution in [0.15, 0.2) is 36.4 Å². The Balaban J connectivity index is 2.35. The van der Waals surface area contributed by atoms with Crippen molar-refractivity contribution in [3.63, 3.8) is 0 Å². The van der Waals surface area contributed by atoms with Gasteiger partial charge in [0.2, 0.25) is 0 Å². The molecule has 20 heavy (non-hydrogen) atoms. The molecule has 1 N–H and O–H groups in total. The third-order valence-corrected chi connectivity index (χ3v) is 3.29. The Morgan fingerprint density at radius 2 is 2.00 bits per heavy atom. The third-order valence-electron chi connectivity index (χ3n) is 3.29. The minimum Gasteiger partial charge on any atom is -0.319 e. The summed E-state index contributed by atoms with van der Waals surface area (Å²) in [4.78, 5) is 25.6. The topological polar surface area (TPSA) is 73.2 Å². The fourth-order valence-electron chi connectivity index (χ4n) is 2.18. The number of rotatable bonds is 3. The van der Waals surface area contributed by atoms with E-state index in [-0.39, 0.29) is 12.5 Å². The standard InChI is InChI=1S/C15H15N3O2/c1-10(2)9-18-13(19)15(3,17-14(18)20)12-6-4-11(8-16)5-7-12/h4-7H,1,9H2,2-3H3,(H,17,20)/t15-/m0/s1. The second kappa shape index (κ2) is 4.82. The molecule has 1 atom stereocenters. The summed E-state index contributed by atoms with van der Waals surface area (Å²) in [6.07, 6.45) is 0. The highest BCUT2D eigenvalue weighted by atomic mass is 16.2. The van der Waals surface area contributed by atoms with Gasteiger partial charge < -0.3 is 5.32 Å². The van der Waals surface area contributed by atoms with Crippen molar-refractivity contribution in [2.45, 2.75) is 19.4 Å². The van der Waals surface area contributed by atoms with E-state index in [0.29, 0.717) is 11.1 Å². The monoisotopic (exact) mass is 269 g/mol. The summed E-state index contributed by atoms with van der Waals surface area (Å²) in [5.74, 6) is -0.310. The number of urea groups is 1. The van der Waals surface area contributed by atoms with Gasteiger partial charge in [-0.25, -0.2) is 4.79 Å². The molecule has 0 radical (unpaired) electrons. The van der Waals surface area contributed by atoms with E-state index < -0.39 is 11.6 Å². The molecule has 0 unspecified atom stereocenters. The fourth-order valence-corrected chi connectivity index (χ4v) is 2.18. The van der Waals surface area contributed by atoms with Gasteiger partial charge in [0.15, 0.2) is 0 Å². The van der Waals surface area contributed by atoms with Crippen molar-refractivity contribution in [1.82, 2.24) is 10.2 Å². The van der Waals surface area contributed by atoms with Gasteiger partial charge in [-0.05, 0) is 31.5 Å². The van der Waals surface area contributed by atoms with E-state index >= 15 is 0 Å². The molecule has 0 bridgehead atoms. The summed E-state index contributed by atoms with van der Waals surface area (Å²) in [5, 5.41) is 11.5. The molecule has 0 aliphatic carbocycles. The van der Waals surface area contributed by atoms with Crippen LogP contribution in [0.5, 0.6) is 0 Å². The molecule has 1 aliphatic rings. The molecule has 0 spiro atoms. The number of nitriles is 1. The Morgan fingerprint density at radius 1 is 1.40 bits per heavy atom. The molecule has 5 heteroatoms. The Kier molecular flexibility index (Phi) is 3.33. The zero-order valence-corrected chi connectivity index (χ0v) is 11.4. The first-order valence-corrected chi connectivity index (χ1v) is 6.17. The lowest BCUT2D eigenvalue weighted by molar-refractivity contribution is -0.130. The highest BCUT2D eigenvalue weighted by Crippen LogP contribution is 2.29. The van der Waals surface area contributed by atoms with Crippen molar-refractivity contribution in [2.75, 3.05) is 6.54 Å². The number of nitrogens with one attached hydrogen (secondary N) is 1. The van der Waals surface area contributed by atoms with E-state index in [4.69, 9.17) is 5.26 Å². The van der Waals surface area contributed by atoms with E-state index in [1.54, 1.807) is 38.1 Å². The SMILES string of the molecule is C=C(C)CN1C(=O)N[C@@](C)(c2ccc(C#N)cc2)C1=O. The normalized spacial score (nSPS) is 21.6. The number of carbonyl (C=O) groups is 2. The lowest BCUT2D eigenvalue weighted by Gasteiger charge is -2.22. The lowest BCUT2D eigenvalue weighted by Crippen LogP contribution is -2.41. The van der Waals surface area contributed by atoms with Crippen molar-refractivity contribution in [3.05, 3.63) is 47.5 Å². The average Bonchev–Trinajstić information content (AvgIpc) is 2.63. The number of amides is 3. The van der Waals surface area contributed by atoms with Crippen LogP contribution in [0.1, 0.15) is 25.0 Å². The molecular weight excluding hydrogens is 254 g/mol. The molecule has 5 nitrogen and oxygen atoms in total. The summed E-state index contributed by atoms with van der Waals surface area (Å²) >= 11 is 0. The van der Waals surface area contributed by atoms with E-state index in [2.05, 4.69) is 11.9 Å². The van der Waals surface area contributed by atoms with Crippen molar-refractivity contribution >= 4 is 11.9 Å². The summed E-state index contributed by atoms with van der Waals surface area (Å²) in [5.41, 5.74) is 0.796. The van der Waals surface area contributed by atoms with Gasteiger partial charge in [-0.2, -0.15) is 5.26 Å². The van der Waals surface area contributed by atoms with Gasteiger partial charge in [-0.15, -0.1) is 0 Å². The maximum atomic E-state index is 12.5. The second-order valence-corrected chi connectivity index (χ2v) is 5.09. The van der Waals surface area contributed by atoms with Crippen LogP contribution in [0.2, 0.25) is 0 Å². The molecule has 1 aromatic carbocycles. The molecular formula is C15H15N3O2. The van der Waals surface area contributed by atoms with Gasteiger partial charge in [-0.1, -0.05) is 24.3 Å². The van der Waals surface area contributed by atoms with Crippen LogP contribution >= 0.6 is 0 Å². The van der Waals surface area contributed by atoms with Gasteiger partial charge in [0, 0.05) is 0 Å². The number of benzene rings is 1. The van der Waals surface area contributed by atoms with Crippen LogP contribution < -0.4 is 5.32 Å². The number of hydrogen-bond donors (Lipinski definition) is 1. The van der Waals surface area contributed by atoms with Crippen molar-refractivity contribution < 1.29 is 9.59 Å². The quantitative estimate of drug-likeness (QED) is 0.672. The summed E-state index contributed by atoms with van der Waals surface area (Å²) in [6.45, 7) is 7.35. The van der Waals surface area contributed by atoms with Crippen LogP contribution in [-0.2, 0) is 10.3 Å². The maximum Gasteiger partial charge on any atom is 0.325 e. The fraction of sp³-hybridized carbons (Fsp3) is 0.267. The first-order chi connectivity index (χ1) is 9.38. The molecule has 3 amide bonds. The molecule has 0 saturated carbocycles. The van der Waals surface area contributed by atoms with Crippen molar-refractivity contribution in [3.8, 4) is 6.07 Å². The minimum absolute atomic E-state index is 0.205. The van der Waals surface area contributed by atoms with Gasteiger partial charge in [0.25, 0.3) is 5.91 Å². The first kappa shape index (κ1) is 13.8. The van der Waals surface area contributed by atoms with E-state index in [9.17, 15) is 9.59 Å².